The maximum Gasteiger partial charge on any atom is 0.514 e. The second-order valence-corrected chi connectivity index (χ2v) is 14.0. The maximum atomic E-state index is 14.0. The number of unbranched alkanes of at least 4 members (excludes halogenated alkanes) is 1. The molecule has 1 aliphatic carbocycles. The Bertz CT molecular complexity index is 2190. The number of nitrogens with one attached hydrogen (secondary N) is 4. The van der Waals surface area contributed by atoms with E-state index in [4.69, 9.17) is 14.2 Å². The molecule has 0 aliphatic heterocycles. The maximum absolute atomic E-state index is 14.0. The van der Waals surface area contributed by atoms with Crippen molar-refractivity contribution < 1.29 is 38.3 Å². The molecule has 0 fully saturated rings. The minimum absolute atomic E-state index is 0.0766. The summed E-state index contributed by atoms with van der Waals surface area (Å²) in [6, 6.07) is 34.9. The number of ether oxygens (including phenoxy) is 3. The van der Waals surface area contributed by atoms with Gasteiger partial charge in [0.15, 0.2) is 0 Å². The van der Waals surface area contributed by atoms with Crippen LogP contribution in [-0.4, -0.2) is 61.3 Å². The van der Waals surface area contributed by atoms with E-state index in [-0.39, 0.29) is 37.0 Å². The zero-order valence-electron chi connectivity index (χ0n) is 32.4. The number of alkyl carbamates (subject to hydrolysis) is 1. The Morgan fingerprint density at radius 2 is 1.34 bits per heavy atom. The molecule has 0 aromatic heterocycles. The zero-order chi connectivity index (χ0) is 41.6. The molecule has 4 N–H and O–H groups in total. The van der Waals surface area contributed by atoms with Crippen LogP contribution in [0.4, 0.5) is 21.0 Å². The number of carbonyl (C=O) groups excluding carboxylic acids is 4. The van der Waals surface area contributed by atoms with Crippen LogP contribution in [-0.2, 0) is 32.1 Å². The summed E-state index contributed by atoms with van der Waals surface area (Å²) in [7, 11) is 1.84. The molecule has 5 aromatic rings. The van der Waals surface area contributed by atoms with E-state index in [2.05, 4.69) is 33.4 Å². The predicted octanol–water partition coefficient (Wildman–Crippen LogP) is 7.27. The van der Waals surface area contributed by atoms with Crippen molar-refractivity contribution in [3.8, 4) is 16.9 Å². The van der Waals surface area contributed by atoms with Gasteiger partial charge in [-0.1, -0.05) is 91.0 Å². The van der Waals surface area contributed by atoms with E-state index in [0.717, 1.165) is 40.8 Å². The number of amides is 3. The number of carbonyl (C=O) groups is 4. The Morgan fingerprint density at radius 3 is 1.98 bits per heavy atom. The molecule has 14 nitrogen and oxygen atoms in total. The van der Waals surface area contributed by atoms with Crippen molar-refractivity contribution in [1.29, 1.82) is 0 Å². The number of nitro benzene ring substituents is 1. The first-order valence-corrected chi connectivity index (χ1v) is 19.3. The van der Waals surface area contributed by atoms with Gasteiger partial charge in [0.2, 0.25) is 11.8 Å². The van der Waals surface area contributed by atoms with Gasteiger partial charge >= 0.3 is 12.2 Å². The largest absolute Gasteiger partial charge is 0.514 e. The van der Waals surface area contributed by atoms with Crippen molar-refractivity contribution >= 4 is 35.4 Å². The van der Waals surface area contributed by atoms with Gasteiger partial charge < -0.3 is 35.5 Å². The molecule has 1 aliphatic rings. The number of rotatable bonds is 18. The van der Waals surface area contributed by atoms with Crippen molar-refractivity contribution in [1.82, 2.24) is 16.0 Å². The van der Waals surface area contributed by atoms with Crippen molar-refractivity contribution in [3.05, 3.63) is 160 Å². The molecule has 0 unspecified atom stereocenters. The summed E-state index contributed by atoms with van der Waals surface area (Å²) >= 11 is 0. The Kier molecular flexibility index (Phi) is 14.4. The summed E-state index contributed by atoms with van der Waals surface area (Å²) in [4.78, 5) is 63.6. The summed E-state index contributed by atoms with van der Waals surface area (Å²) in [6.07, 6.45) is 0.159. The lowest BCUT2D eigenvalue weighted by atomic mass is 9.98. The van der Waals surface area contributed by atoms with Crippen molar-refractivity contribution in [2.24, 2.45) is 0 Å². The van der Waals surface area contributed by atoms with E-state index in [0.29, 0.717) is 24.1 Å². The average Bonchev–Trinajstić information content (AvgIpc) is 3.57. The second kappa shape index (κ2) is 20.4. The van der Waals surface area contributed by atoms with E-state index >= 15 is 0 Å². The molecule has 6 rings (SSSR count). The molecular formula is C45H45N5O9. The standard InChI is InChI=1S/C45H45N5O9/c1-46-26-10-9-17-40(42(51)47-32-20-18-31(19-21-32)28-58-45(54)59-34-24-22-33(23-25-34)50(55)56)48-43(52)41(27-30-11-3-2-4-12-30)49-44(53)57-29-39-37-15-7-5-13-35(37)36-14-6-8-16-38(36)39/h2-8,11-16,18-25,39-41,46H,9-10,17,26-29H2,1H3,(H,47,51)(H,48,52)(H,49,53)/t40-,41-/m0/s1. The molecule has 2 atom stereocenters. The lowest BCUT2D eigenvalue weighted by molar-refractivity contribution is -0.384. The normalized spacial score (nSPS) is 12.6. The minimum Gasteiger partial charge on any atom is -0.449 e. The third-order valence-corrected chi connectivity index (χ3v) is 9.86. The number of nitro groups is 1. The highest BCUT2D eigenvalue weighted by molar-refractivity contribution is 5.98. The van der Waals surface area contributed by atoms with Crippen LogP contribution in [0.1, 0.15) is 47.4 Å². The number of hydrogen-bond acceptors (Lipinski definition) is 10. The first kappa shape index (κ1) is 41.6. The smallest absolute Gasteiger partial charge is 0.449 e. The van der Waals surface area contributed by atoms with Crippen molar-refractivity contribution in [3.63, 3.8) is 0 Å². The summed E-state index contributed by atoms with van der Waals surface area (Å²) in [5, 5.41) is 22.5. The van der Waals surface area contributed by atoms with Gasteiger partial charge in [-0.25, -0.2) is 9.59 Å². The van der Waals surface area contributed by atoms with Crippen LogP contribution in [0.2, 0.25) is 0 Å². The highest BCUT2D eigenvalue weighted by Gasteiger charge is 2.31. The number of benzene rings is 5. The molecular weight excluding hydrogens is 755 g/mol. The summed E-state index contributed by atoms with van der Waals surface area (Å²) in [5.41, 5.74) is 6.04. The summed E-state index contributed by atoms with van der Waals surface area (Å²) < 4.78 is 16.0. The van der Waals surface area contributed by atoms with Gasteiger partial charge in [0.1, 0.15) is 31.0 Å². The number of nitrogens with zero attached hydrogens (tertiary/aromatic N) is 1. The minimum atomic E-state index is -1.05. The van der Waals surface area contributed by atoms with Gasteiger partial charge in [-0.05, 0) is 90.5 Å². The first-order valence-electron chi connectivity index (χ1n) is 19.3. The lowest BCUT2D eigenvalue weighted by Crippen LogP contribution is -2.53. The van der Waals surface area contributed by atoms with Gasteiger partial charge in [0, 0.05) is 30.2 Å². The molecule has 59 heavy (non-hydrogen) atoms. The van der Waals surface area contributed by atoms with Crippen molar-refractivity contribution in [2.45, 2.75) is 50.3 Å². The Balaban J connectivity index is 1.07. The highest BCUT2D eigenvalue weighted by atomic mass is 16.7. The molecule has 0 heterocycles. The number of anilines is 1. The average molecular weight is 800 g/mol. The highest BCUT2D eigenvalue weighted by Crippen LogP contribution is 2.44. The van der Waals surface area contributed by atoms with E-state index in [1.807, 2.05) is 73.8 Å². The monoisotopic (exact) mass is 799 g/mol. The third kappa shape index (κ3) is 11.5. The molecule has 0 saturated heterocycles. The van der Waals surface area contributed by atoms with Gasteiger partial charge in [-0.2, -0.15) is 0 Å². The molecule has 3 amide bonds. The molecule has 14 heteroatoms. The van der Waals surface area contributed by atoms with Crippen LogP contribution in [0.25, 0.3) is 11.1 Å². The van der Waals surface area contributed by atoms with E-state index in [9.17, 15) is 29.3 Å². The molecule has 0 radical (unpaired) electrons. The van der Waals surface area contributed by atoms with Gasteiger partial charge in [0.05, 0.1) is 4.92 Å². The van der Waals surface area contributed by atoms with Crippen LogP contribution >= 0.6 is 0 Å². The fourth-order valence-electron chi connectivity index (χ4n) is 6.85. The Hall–Kier alpha value is -7.06. The van der Waals surface area contributed by atoms with Crippen LogP contribution < -0.4 is 26.0 Å². The first-order chi connectivity index (χ1) is 28.7. The van der Waals surface area contributed by atoms with Gasteiger partial charge in [-0.15, -0.1) is 0 Å². The van der Waals surface area contributed by atoms with Crippen LogP contribution in [0, 0.1) is 10.1 Å². The van der Waals surface area contributed by atoms with Crippen LogP contribution in [0.5, 0.6) is 5.75 Å². The fraction of sp³-hybridized carbons (Fsp3) is 0.244. The van der Waals surface area contributed by atoms with E-state index in [1.54, 1.807) is 24.3 Å². The number of hydrogen-bond donors (Lipinski definition) is 4. The predicted molar refractivity (Wildman–Crippen MR) is 221 cm³/mol. The molecule has 0 saturated carbocycles. The van der Waals surface area contributed by atoms with E-state index in [1.165, 1.54) is 24.3 Å². The van der Waals surface area contributed by atoms with E-state index < -0.39 is 41.1 Å². The fourth-order valence-corrected chi connectivity index (χ4v) is 6.85. The molecule has 5 aromatic carbocycles. The number of non-ortho nitro benzene ring substituents is 1. The third-order valence-electron chi connectivity index (χ3n) is 9.86. The summed E-state index contributed by atoms with van der Waals surface area (Å²) in [5.74, 6) is -1.05. The quantitative estimate of drug-likeness (QED) is 0.0231. The van der Waals surface area contributed by atoms with Gasteiger partial charge in [-0.3, -0.25) is 19.7 Å². The second-order valence-electron chi connectivity index (χ2n) is 14.0. The van der Waals surface area contributed by atoms with Crippen LogP contribution in [0.3, 0.4) is 0 Å². The van der Waals surface area contributed by atoms with Crippen molar-refractivity contribution in [2.75, 3.05) is 25.5 Å². The Morgan fingerprint density at radius 1 is 0.695 bits per heavy atom. The SMILES string of the molecule is CNCCCC[C@H](NC(=O)[C@H](Cc1ccccc1)NC(=O)OCC1c2ccccc2-c2ccccc21)C(=O)Nc1ccc(COC(=O)Oc2ccc([N+](=O)[O-])cc2)cc1. The zero-order valence-corrected chi connectivity index (χ0v) is 32.4. The lowest BCUT2D eigenvalue weighted by Gasteiger charge is -2.24. The van der Waals surface area contributed by atoms with Gasteiger partial charge in [0.25, 0.3) is 5.69 Å². The molecule has 0 bridgehead atoms. The topological polar surface area (TPSA) is 187 Å². The molecule has 0 spiro atoms. The Labute approximate surface area is 341 Å². The number of fused-ring (bicyclic) bond motifs is 3. The van der Waals surface area contributed by atoms with Crippen LogP contribution in [0.15, 0.2) is 127 Å². The summed E-state index contributed by atoms with van der Waals surface area (Å²) in [6.45, 7) is 0.671. The molecule has 304 valence electrons.